The topological polar surface area (TPSA) is 29.5 Å². The Morgan fingerprint density at radius 3 is 2.74 bits per heavy atom. The molecule has 0 saturated heterocycles. The van der Waals surface area contributed by atoms with Crippen LogP contribution in [-0.4, -0.2) is 11.2 Å². The van der Waals surface area contributed by atoms with Crippen molar-refractivity contribution in [1.82, 2.24) is 0 Å². The molecule has 0 bridgehead atoms. The zero-order chi connectivity index (χ0) is 14.0. The van der Waals surface area contributed by atoms with Crippen LogP contribution >= 0.6 is 0 Å². The van der Waals surface area contributed by atoms with Crippen LogP contribution in [0.2, 0.25) is 0 Å². The van der Waals surface area contributed by atoms with Gasteiger partial charge in [-0.25, -0.2) is 0 Å². The minimum Gasteiger partial charge on any atom is -0.508 e. The fourth-order valence-electron chi connectivity index (χ4n) is 2.78. The van der Waals surface area contributed by atoms with Gasteiger partial charge >= 0.3 is 0 Å². The smallest absolute Gasteiger partial charge is 0.127 e. The standard InChI is InChI=1S/C17H24O2/c1-11(2)19-16-7-5-6-15(18)17(16)14-10-12(3)8-9-13(14)4/h5-7,10-11,13-14,18H,8-9H2,1-4H3/t13-,14-/m1/s1. The maximum absolute atomic E-state index is 10.3. The summed E-state index contributed by atoms with van der Waals surface area (Å²) in [6, 6.07) is 5.56. The lowest BCUT2D eigenvalue weighted by molar-refractivity contribution is 0.236. The van der Waals surface area contributed by atoms with Crippen LogP contribution in [0.5, 0.6) is 11.5 Å². The van der Waals surface area contributed by atoms with Gasteiger partial charge in [0.2, 0.25) is 0 Å². The van der Waals surface area contributed by atoms with E-state index in [1.54, 1.807) is 6.07 Å². The summed E-state index contributed by atoms with van der Waals surface area (Å²) in [7, 11) is 0. The minimum absolute atomic E-state index is 0.115. The van der Waals surface area contributed by atoms with Crippen LogP contribution in [0.3, 0.4) is 0 Å². The lowest BCUT2D eigenvalue weighted by atomic mass is 9.78. The highest BCUT2D eigenvalue weighted by atomic mass is 16.5. The highest BCUT2D eigenvalue weighted by Crippen LogP contribution is 2.44. The molecule has 0 heterocycles. The summed E-state index contributed by atoms with van der Waals surface area (Å²) in [5.74, 6) is 1.95. The second-order valence-corrected chi connectivity index (χ2v) is 5.91. The molecule has 2 atom stereocenters. The third-order valence-electron chi connectivity index (χ3n) is 3.81. The van der Waals surface area contributed by atoms with Crippen LogP contribution in [0, 0.1) is 5.92 Å². The molecule has 1 aliphatic rings. The molecule has 0 saturated carbocycles. The van der Waals surface area contributed by atoms with Gasteiger partial charge in [-0.1, -0.05) is 24.6 Å². The highest BCUT2D eigenvalue weighted by Gasteiger charge is 2.26. The molecule has 2 nitrogen and oxygen atoms in total. The monoisotopic (exact) mass is 260 g/mol. The van der Waals surface area contributed by atoms with Crippen LogP contribution in [0.1, 0.15) is 52.0 Å². The van der Waals surface area contributed by atoms with E-state index in [0.29, 0.717) is 11.7 Å². The van der Waals surface area contributed by atoms with E-state index in [-0.39, 0.29) is 12.0 Å². The van der Waals surface area contributed by atoms with Crippen molar-refractivity contribution >= 4 is 0 Å². The van der Waals surface area contributed by atoms with E-state index in [4.69, 9.17) is 4.74 Å². The second-order valence-electron chi connectivity index (χ2n) is 5.91. The Labute approximate surface area is 116 Å². The van der Waals surface area contributed by atoms with E-state index >= 15 is 0 Å². The van der Waals surface area contributed by atoms with Gasteiger partial charge in [-0.05, 0) is 51.7 Å². The van der Waals surface area contributed by atoms with Gasteiger partial charge in [0.05, 0.1) is 6.10 Å². The molecule has 0 amide bonds. The third-order valence-corrected chi connectivity index (χ3v) is 3.81. The Kier molecular flexibility index (Phi) is 4.18. The number of allylic oxidation sites excluding steroid dienone is 2. The van der Waals surface area contributed by atoms with Crippen LogP contribution < -0.4 is 4.74 Å². The van der Waals surface area contributed by atoms with Crippen molar-refractivity contribution < 1.29 is 9.84 Å². The van der Waals surface area contributed by atoms with Crippen molar-refractivity contribution in [3.05, 3.63) is 35.4 Å². The second kappa shape index (κ2) is 5.68. The van der Waals surface area contributed by atoms with Crippen molar-refractivity contribution in [3.63, 3.8) is 0 Å². The molecule has 2 rings (SSSR count). The molecular weight excluding hydrogens is 236 g/mol. The zero-order valence-corrected chi connectivity index (χ0v) is 12.3. The molecular formula is C17H24O2. The SMILES string of the molecule is CC1=C[C@@H](c2c(O)cccc2OC(C)C)[C@H](C)CC1. The molecule has 0 aliphatic heterocycles. The molecule has 1 N–H and O–H groups in total. The summed E-state index contributed by atoms with van der Waals surface area (Å²) in [6.45, 7) is 8.44. The molecule has 104 valence electrons. The summed E-state index contributed by atoms with van der Waals surface area (Å²) in [6.07, 6.45) is 4.73. The largest absolute Gasteiger partial charge is 0.508 e. The molecule has 1 aromatic carbocycles. The molecule has 0 spiro atoms. The number of hydrogen-bond donors (Lipinski definition) is 1. The zero-order valence-electron chi connectivity index (χ0n) is 12.3. The summed E-state index contributed by atoms with van der Waals surface area (Å²) < 4.78 is 5.87. The first kappa shape index (κ1) is 14.0. The lowest BCUT2D eigenvalue weighted by Crippen LogP contribution is -2.15. The number of aromatic hydroxyl groups is 1. The number of phenolic OH excluding ortho intramolecular Hbond substituents is 1. The van der Waals surface area contributed by atoms with Gasteiger partial charge in [-0.2, -0.15) is 0 Å². The average Bonchev–Trinajstić information content (AvgIpc) is 2.32. The van der Waals surface area contributed by atoms with E-state index in [1.165, 1.54) is 12.0 Å². The van der Waals surface area contributed by atoms with Crippen LogP contribution in [0.25, 0.3) is 0 Å². The maximum Gasteiger partial charge on any atom is 0.127 e. The van der Waals surface area contributed by atoms with E-state index < -0.39 is 0 Å². The minimum atomic E-state index is 0.115. The van der Waals surface area contributed by atoms with Gasteiger partial charge < -0.3 is 9.84 Å². The van der Waals surface area contributed by atoms with Crippen molar-refractivity contribution in [3.8, 4) is 11.5 Å². The molecule has 0 radical (unpaired) electrons. The first-order chi connectivity index (χ1) is 8.99. The molecule has 0 fully saturated rings. The van der Waals surface area contributed by atoms with Gasteiger partial charge in [0, 0.05) is 11.5 Å². The number of ether oxygens (including phenoxy) is 1. The van der Waals surface area contributed by atoms with Crippen molar-refractivity contribution in [2.24, 2.45) is 5.92 Å². The molecule has 2 heteroatoms. The molecule has 19 heavy (non-hydrogen) atoms. The van der Waals surface area contributed by atoms with Crippen LogP contribution in [0.15, 0.2) is 29.8 Å². The highest BCUT2D eigenvalue weighted by molar-refractivity contribution is 5.49. The first-order valence-corrected chi connectivity index (χ1v) is 7.15. The Hall–Kier alpha value is -1.44. The average molecular weight is 260 g/mol. The number of phenols is 1. The van der Waals surface area contributed by atoms with Gasteiger partial charge in [-0.15, -0.1) is 0 Å². The summed E-state index contributed by atoms with van der Waals surface area (Å²) >= 11 is 0. The number of benzene rings is 1. The van der Waals surface area contributed by atoms with E-state index in [1.807, 2.05) is 26.0 Å². The summed E-state index contributed by atoms with van der Waals surface area (Å²) in [5, 5.41) is 10.3. The maximum atomic E-state index is 10.3. The lowest BCUT2D eigenvalue weighted by Gasteiger charge is -2.29. The summed E-state index contributed by atoms with van der Waals surface area (Å²) in [4.78, 5) is 0. The fraction of sp³-hybridized carbons (Fsp3) is 0.529. The van der Waals surface area contributed by atoms with Gasteiger partial charge in [0.1, 0.15) is 11.5 Å². The molecule has 0 unspecified atom stereocenters. The molecule has 0 aromatic heterocycles. The Bertz CT molecular complexity index is 474. The van der Waals surface area contributed by atoms with Crippen molar-refractivity contribution in [2.75, 3.05) is 0 Å². The van der Waals surface area contributed by atoms with Crippen molar-refractivity contribution in [1.29, 1.82) is 0 Å². The first-order valence-electron chi connectivity index (χ1n) is 7.15. The Morgan fingerprint density at radius 1 is 1.32 bits per heavy atom. The van der Waals surface area contributed by atoms with Gasteiger partial charge in [0.25, 0.3) is 0 Å². The summed E-state index contributed by atoms with van der Waals surface area (Å²) in [5.41, 5.74) is 2.35. The number of hydrogen-bond acceptors (Lipinski definition) is 2. The Balaban J connectivity index is 2.45. The fourth-order valence-corrected chi connectivity index (χ4v) is 2.78. The van der Waals surface area contributed by atoms with E-state index in [9.17, 15) is 5.11 Å². The van der Waals surface area contributed by atoms with E-state index in [2.05, 4.69) is 19.9 Å². The predicted octanol–water partition coefficient (Wildman–Crippen LogP) is 4.64. The predicted molar refractivity (Wildman–Crippen MR) is 78.8 cm³/mol. The molecule has 1 aromatic rings. The van der Waals surface area contributed by atoms with Gasteiger partial charge in [0.15, 0.2) is 0 Å². The third kappa shape index (κ3) is 3.12. The Morgan fingerprint density at radius 2 is 2.05 bits per heavy atom. The van der Waals surface area contributed by atoms with Crippen LogP contribution in [0.4, 0.5) is 0 Å². The molecule has 1 aliphatic carbocycles. The van der Waals surface area contributed by atoms with E-state index in [0.717, 1.165) is 17.7 Å². The number of rotatable bonds is 3. The van der Waals surface area contributed by atoms with Crippen LogP contribution in [-0.2, 0) is 0 Å². The normalized spacial score (nSPS) is 23.3. The quantitative estimate of drug-likeness (QED) is 0.802. The van der Waals surface area contributed by atoms with Crippen molar-refractivity contribution in [2.45, 2.75) is 52.6 Å². The van der Waals surface area contributed by atoms with Gasteiger partial charge in [-0.3, -0.25) is 0 Å².